The van der Waals surface area contributed by atoms with E-state index < -0.39 is 5.56 Å². The lowest BCUT2D eigenvalue weighted by Gasteiger charge is -2.07. The molecule has 8 nitrogen and oxygen atoms in total. The average Bonchev–Trinajstić information content (AvgIpc) is 3.18. The number of aliphatic hydroxyl groups is 1. The summed E-state index contributed by atoms with van der Waals surface area (Å²) in [6.45, 7) is 3.82. The van der Waals surface area contributed by atoms with Crippen molar-refractivity contribution in [3.05, 3.63) is 51.5 Å². The number of benzene rings is 1. The van der Waals surface area contributed by atoms with Gasteiger partial charge in [0.1, 0.15) is 28.3 Å². The smallest absolute Gasteiger partial charge is 0.287 e. The number of amides is 1. The summed E-state index contributed by atoms with van der Waals surface area (Å²) in [5.41, 5.74) is 0.523. The molecule has 32 heavy (non-hydrogen) atoms. The molecule has 0 bridgehead atoms. The lowest BCUT2D eigenvalue weighted by molar-refractivity contribution is -0.116. The molecule has 3 aromatic rings. The number of fused-ring (bicyclic) bond motifs is 1. The molecule has 2 heterocycles. The Balaban J connectivity index is 2.07. The molecule has 2 aromatic heterocycles. The second kappa shape index (κ2) is 10.5. The Morgan fingerprint density at radius 1 is 1.16 bits per heavy atom. The van der Waals surface area contributed by atoms with Crippen molar-refractivity contribution in [2.24, 2.45) is 0 Å². The van der Waals surface area contributed by atoms with Crippen LogP contribution in [-0.2, 0) is 4.79 Å². The van der Waals surface area contributed by atoms with E-state index in [1.165, 1.54) is 0 Å². The molecular formula is C24H27N5O3. The van der Waals surface area contributed by atoms with E-state index in [0.29, 0.717) is 11.3 Å². The standard InChI is InChI=1S/C24H27N5O3/c1-3-5-6-7-11-14-19(31)26-22-20(18(30)4-2)24(32)29-23(27-22)17(15-25)21(28-29)16-12-9-8-10-13-16/h8-10,12-13,30H,3-7,11,14H2,1-2H3,(H,26,27,31)/b20-18-. The van der Waals surface area contributed by atoms with Gasteiger partial charge in [-0.3, -0.25) is 9.59 Å². The van der Waals surface area contributed by atoms with Crippen LogP contribution in [0.4, 0.5) is 5.82 Å². The Hall–Kier alpha value is -3.73. The molecule has 0 aliphatic heterocycles. The third-order valence-electron chi connectivity index (χ3n) is 5.27. The molecule has 0 spiro atoms. The maximum absolute atomic E-state index is 13.2. The lowest BCUT2D eigenvalue weighted by atomic mass is 10.1. The van der Waals surface area contributed by atoms with Gasteiger partial charge in [0.15, 0.2) is 11.5 Å². The van der Waals surface area contributed by atoms with E-state index in [9.17, 15) is 20.0 Å². The highest BCUT2D eigenvalue weighted by Crippen LogP contribution is 2.24. The van der Waals surface area contributed by atoms with Gasteiger partial charge < -0.3 is 10.4 Å². The molecule has 0 unspecified atom stereocenters. The van der Waals surface area contributed by atoms with Crippen LogP contribution in [0.15, 0.2) is 35.1 Å². The van der Waals surface area contributed by atoms with Crippen molar-refractivity contribution in [2.75, 3.05) is 5.32 Å². The number of unbranched alkanes of at least 4 members (excludes halogenated alkanes) is 4. The van der Waals surface area contributed by atoms with Crippen LogP contribution in [0.3, 0.4) is 0 Å². The molecule has 1 amide bonds. The summed E-state index contributed by atoms with van der Waals surface area (Å²) in [7, 11) is 0. The number of hydrogen-bond donors (Lipinski definition) is 2. The van der Waals surface area contributed by atoms with Gasteiger partial charge in [-0.15, -0.1) is 0 Å². The fourth-order valence-electron chi connectivity index (χ4n) is 3.54. The average molecular weight is 434 g/mol. The normalized spacial score (nSPS) is 11.9. The second-order valence-electron chi connectivity index (χ2n) is 7.59. The fourth-order valence-corrected chi connectivity index (χ4v) is 3.54. The van der Waals surface area contributed by atoms with E-state index >= 15 is 0 Å². The van der Waals surface area contributed by atoms with E-state index in [1.54, 1.807) is 31.2 Å². The molecule has 1 aromatic carbocycles. The molecule has 8 heteroatoms. The van der Waals surface area contributed by atoms with E-state index in [4.69, 9.17) is 0 Å². The zero-order valence-electron chi connectivity index (χ0n) is 18.4. The van der Waals surface area contributed by atoms with Crippen LogP contribution in [0.2, 0.25) is 0 Å². The summed E-state index contributed by atoms with van der Waals surface area (Å²) in [6, 6.07) is 11.1. The highest BCUT2D eigenvalue weighted by atomic mass is 16.3. The van der Waals surface area contributed by atoms with Crippen molar-refractivity contribution in [1.82, 2.24) is 14.6 Å². The van der Waals surface area contributed by atoms with Crippen molar-refractivity contribution in [2.45, 2.75) is 58.8 Å². The van der Waals surface area contributed by atoms with E-state index in [-0.39, 0.29) is 46.8 Å². The number of aromatic nitrogens is 3. The Kier molecular flexibility index (Phi) is 7.55. The number of rotatable bonds is 9. The van der Waals surface area contributed by atoms with Crippen LogP contribution in [0.1, 0.15) is 64.4 Å². The van der Waals surface area contributed by atoms with Gasteiger partial charge in [0.05, 0.1) is 0 Å². The first-order valence-corrected chi connectivity index (χ1v) is 11.0. The number of aliphatic hydroxyl groups excluding tert-OH is 1. The fraction of sp³-hybridized carbons (Fsp3) is 0.375. The number of carbonyl (C=O) groups excluding carboxylic acids is 1. The Morgan fingerprint density at radius 3 is 2.53 bits per heavy atom. The summed E-state index contributed by atoms with van der Waals surface area (Å²) in [4.78, 5) is 30.1. The summed E-state index contributed by atoms with van der Waals surface area (Å²) in [5.74, 6) is -0.529. The van der Waals surface area contributed by atoms with Gasteiger partial charge >= 0.3 is 0 Å². The van der Waals surface area contributed by atoms with E-state index in [0.717, 1.165) is 36.6 Å². The Bertz CT molecular complexity index is 1260. The van der Waals surface area contributed by atoms with Gasteiger partial charge in [0.25, 0.3) is 5.56 Å². The first-order valence-electron chi connectivity index (χ1n) is 11.0. The Morgan fingerprint density at radius 2 is 1.88 bits per heavy atom. The van der Waals surface area contributed by atoms with Gasteiger partial charge in [-0.25, -0.2) is 4.98 Å². The SMILES string of the molecule is CCCCCCCC(=O)Nc1nc2c(C#N)c(-c3ccccc3)nn2c(=O)/c1=C(\O)CC. The van der Waals surface area contributed by atoms with Gasteiger partial charge in [-0.2, -0.15) is 14.9 Å². The number of carbonyl (C=O) groups is 1. The van der Waals surface area contributed by atoms with Crippen LogP contribution in [0.25, 0.3) is 22.7 Å². The third-order valence-corrected chi connectivity index (χ3v) is 5.27. The number of nitrogens with one attached hydrogen (secondary N) is 1. The maximum Gasteiger partial charge on any atom is 0.287 e. The molecule has 0 saturated heterocycles. The molecule has 0 atom stereocenters. The number of anilines is 1. The minimum absolute atomic E-state index is 0.0438. The second-order valence-corrected chi connectivity index (χ2v) is 7.59. The van der Waals surface area contributed by atoms with Crippen molar-refractivity contribution in [1.29, 1.82) is 5.26 Å². The molecule has 0 fully saturated rings. The summed E-state index contributed by atoms with van der Waals surface area (Å²) < 4.78 is 1.02. The molecular weight excluding hydrogens is 406 g/mol. The molecule has 0 radical (unpaired) electrons. The molecule has 0 saturated carbocycles. The molecule has 3 rings (SSSR count). The zero-order valence-corrected chi connectivity index (χ0v) is 18.4. The first-order chi connectivity index (χ1) is 15.5. The van der Waals surface area contributed by atoms with Gasteiger partial charge in [0, 0.05) is 18.4 Å². The minimum Gasteiger partial charge on any atom is -0.511 e. The van der Waals surface area contributed by atoms with Crippen molar-refractivity contribution in [3.8, 4) is 17.3 Å². The van der Waals surface area contributed by atoms with Crippen molar-refractivity contribution < 1.29 is 9.90 Å². The van der Waals surface area contributed by atoms with Crippen LogP contribution in [0, 0.1) is 11.3 Å². The molecule has 0 aliphatic carbocycles. The maximum atomic E-state index is 13.2. The largest absolute Gasteiger partial charge is 0.511 e. The monoisotopic (exact) mass is 433 g/mol. The minimum atomic E-state index is -0.633. The predicted molar refractivity (Wildman–Crippen MR) is 123 cm³/mol. The van der Waals surface area contributed by atoms with E-state index in [2.05, 4.69) is 28.4 Å². The molecule has 2 N–H and O–H groups in total. The summed E-state index contributed by atoms with van der Waals surface area (Å²) in [6.07, 6.45) is 5.46. The topological polar surface area (TPSA) is 120 Å². The molecule has 0 aliphatic rings. The van der Waals surface area contributed by atoms with Crippen LogP contribution < -0.4 is 16.1 Å². The van der Waals surface area contributed by atoms with Crippen molar-refractivity contribution >= 4 is 23.1 Å². The highest BCUT2D eigenvalue weighted by Gasteiger charge is 2.21. The van der Waals surface area contributed by atoms with Gasteiger partial charge in [0.2, 0.25) is 5.91 Å². The van der Waals surface area contributed by atoms with Crippen molar-refractivity contribution in [3.63, 3.8) is 0 Å². The van der Waals surface area contributed by atoms with Crippen LogP contribution in [0.5, 0.6) is 0 Å². The quantitative estimate of drug-likeness (QED) is 0.496. The van der Waals surface area contributed by atoms with Crippen LogP contribution in [-0.4, -0.2) is 25.6 Å². The number of nitrogens with zero attached hydrogens (tertiary/aromatic N) is 4. The Labute approximate surface area is 186 Å². The van der Waals surface area contributed by atoms with Gasteiger partial charge in [-0.1, -0.05) is 69.9 Å². The highest BCUT2D eigenvalue weighted by molar-refractivity contribution is 5.90. The summed E-state index contributed by atoms with van der Waals surface area (Å²) >= 11 is 0. The predicted octanol–water partition coefficient (Wildman–Crippen LogP) is 3.72. The third kappa shape index (κ3) is 4.78. The van der Waals surface area contributed by atoms with E-state index in [1.807, 2.05) is 6.07 Å². The first kappa shape index (κ1) is 22.9. The zero-order chi connectivity index (χ0) is 23.1. The van der Waals surface area contributed by atoms with Gasteiger partial charge in [-0.05, 0) is 6.42 Å². The number of hydrogen-bond acceptors (Lipinski definition) is 6. The lowest BCUT2D eigenvalue weighted by Crippen LogP contribution is -2.38. The molecule has 166 valence electrons. The summed E-state index contributed by atoms with van der Waals surface area (Å²) in [5, 5.41) is 27.0. The van der Waals surface area contributed by atoms with Crippen LogP contribution >= 0.6 is 0 Å². The number of nitriles is 1.